The number of amides is 1. The van der Waals surface area contributed by atoms with Crippen molar-refractivity contribution < 1.29 is 23.8 Å². The van der Waals surface area contributed by atoms with Crippen molar-refractivity contribution in [2.45, 2.75) is 57.7 Å². The highest BCUT2D eigenvalue weighted by molar-refractivity contribution is 5.94. The summed E-state index contributed by atoms with van der Waals surface area (Å²) in [7, 11) is 0. The number of hydrogen-bond donors (Lipinski definition) is 1. The van der Waals surface area contributed by atoms with Gasteiger partial charge >= 0.3 is 5.97 Å². The maximum atomic E-state index is 12.7. The Morgan fingerprint density at radius 1 is 0.972 bits per heavy atom. The van der Waals surface area contributed by atoms with Crippen LogP contribution in [0.5, 0.6) is 11.5 Å². The van der Waals surface area contributed by atoms with E-state index < -0.39 is 0 Å². The highest BCUT2D eigenvalue weighted by Gasteiger charge is 2.36. The largest absolute Gasteiger partial charge is 0.465 e. The highest BCUT2D eigenvalue weighted by Crippen LogP contribution is 2.32. The molecule has 0 bridgehead atoms. The summed E-state index contributed by atoms with van der Waals surface area (Å²) in [4.78, 5) is 29.9. The second-order valence-corrected chi connectivity index (χ2v) is 9.64. The fourth-order valence-electron chi connectivity index (χ4n) is 5.50. The molecule has 5 rings (SSSR count). The van der Waals surface area contributed by atoms with E-state index in [9.17, 15) is 9.59 Å². The van der Waals surface area contributed by atoms with Gasteiger partial charge < -0.3 is 24.4 Å². The minimum atomic E-state index is -0.104. The summed E-state index contributed by atoms with van der Waals surface area (Å²) < 4.78 is 16.1. The molecule has 1 atom stereocenters. The van der Waals surface area contributed by atoms with Crippen LogP contribution in [0.3, 0.4) is 0 Å². The molecule has 192 valence electrons. The quantitative estimate of drug-likeness (QED) is 0.589. The Balaban J connectivity index is 1.12. The van der Waals surface area contributed by atoms with Crippen LogP contribution in [-0.4, -0.2) is 61.9 Å². The third kappa shape index (κ3) is 5.43. The number of ether oxygens (including phenoxy) is 3. The van der Waals surface area contributed by atoms with Crippen LogP contribution < -0.4 is 19.7 Å². The van der Waals surface area contributed by atoms with Crippen molar-refractivity contribution >= 4 is 17.6 Å². The zero-order valence-electron chi connectivity index (χ0n) is 20.9. The number of anilines is 1. The van der Waals surface area contributed by atoms with Gasteiger partial charge in [0.25, 0.3) is 5.91 Å². The van der Waals surface area contributed by atoms with Crippen LogP contribution in [0.1, 0.15) is 54.9 Å². The third-order valence-electron chi connectivity index (χ3n) is 7.42. The van der Waals surface area contributed by atoms with E-state index in [4.69, 9.17) is 14.2 Å². The average Bonchev–Trinajstić information content (AvgIpc) is 3.40. The fraction of sp³-hybridized carbons (Fsp3) is 0.500. The molecule has 1 amide bonds. The van der Waals surface area contributed by atoms with Gasteiger partial charge in [0.15, 0.2) is 11.5 Å². The van der Waals surface area contributed by atoms with Gasteiger partial charge in [-0.05, 0) is 81.1 Å². The van der Waals surface area contributed by atoms with Gasteiger partial charge in [-0.15, -0.1) is 0 Å². The van der Waals surface area contributed by atoms with Crippen molar-refractivity contribution in [1.82, 2.24) is 10.2 Å². The standard InChI is InChI=1S/C28H35N3O5/c1-2-34-28(33)24-5-3-4-14-31(24)23-12-15-30(16-13-23)22-9-7-21(8-10-22)27(32)29-18-20-6-11-25-26(17-20)36-19-35-25/h6-11,17,23-24H,2-5,12-16,18-19H2,1H3,(H,29,32)/t24-/m1/s1. The molecule has 2 fully saturated rings. The van der Waals surface area contributed by atoms with Crippen molar-refractivity contribution in [3.8, 4) is 11.5 Å². The van der Waals surface area contributed by atoms with Crippen molar-refractivity contribution in [2.24, 2.45) is 0 Å². The molecule has 2 aromatic carbocycles. The highest BCUT2D eigenvalue weighted by atomic mass is 16.7. The molecular weight excluding hydrogens is 458 g/mol. The monoisotopic (exact) mass is 493 g/mol. The Morgan fingerprint density at radius 2 is 1.75 bits per heavy atom. The summed E-state index contributed by atoms with van der Waals surface area (Å²) >= 11 is 0. The number of likely N-dealkylation sites (tertiary alicyclic amines) is 1. The number of hydrogen-bond acceptors (Lipinski definition) is 7. The molecule has 0 saturated carbocycles. The molecule has 36 heavy (non-hydrogen) atoms. The molecule has 8 heteroatoms. The van der Waals surface area contributed by atoms with Gasteiger partial charge in [-0.1, -0.05) is 12.5 Å². The topological polar surface area (TPSA) is 80.3 Å². The molecule has 3 aliphatic heterocycles. The lowest BCUT2D eigenvalue weighted by molar-refractivity contribution is -0.152. The smallest absolute Gasteiger partial charge is 0.323 e. The Kier molecular flexibility index (Phi) is 7.60. The van der Waals surface area contributed by atoms with E-state index in [1.807, 2.05) is 49.4 Å². The van der Waals surface area contributed by atoms with Gasteiger partial charge in [0, 0.05) is 36.9 Å². The van der Waals surface area contributed by atoms with Crippen LogP contribution in [0.4, 0.5) is 5.69 Å². The number of carbonyl (C=O) groups excluding carboxylic acids is 2. The number of esters is 1. The van der Waals surface area contributed by atoms with Crippen LogP contribution in [0, 0.1) is 0 Å². The fourth-order valence-corrected chi connectivity index (χ4v) is 5.50. The summed E-state index contributed by atoms with van der Waals surface area (Å²) in [5, 5.41) is 2.98. The number of nitrogens with one attached hydrogen (secondary N) is 1. The van der Waals surface area contributed by atoms with Crippen LogP contribution in [0.2, 0.25) is 0 Å². The Hall–Kier alpha value is -3.26. The molecule has 3 aliphatic rings. The predicted molar refractivity (Wildman–Crippen MR) is 136 cm³/mol. The van der Waals surface area contributed by atoms with Gasteiger partial charge in [-0.3, -0.25) is 14.5 Å². The molecule has 2 aromatic rings. The minimum absolute atomic E-state index is 0.0629. The van der Waals surface area contributed by atoms with E-state index in [-0.39, 0.29) is 24.7 Å². The summed E-state index contributed by atoms with van der Waals surface area (Å²) in [6, 6.07) is 13.8. The van der Waals surface area contributed by atoms with E-state index in [1.54, 1.807) is 0 Å². The summed E-state index contributed by atoms with van der Waals surface area (Å²) in [5.41, 5.74) is 2.73. The average molecular weight is 494 g/mol. The normalized spacial score (nSPS) is 20.2. The molecule has 0 aromatic heterocycles. The van der Waals surface area contributed by atoms with Gasteiger partial charge in [0.05, 0.1) is 6.61 Å². The van der Waals surface area contributed by atoms with Gasteiger partial charge in [-0.2, -0.15) is 0 Å². The van der Waals surface area contributed by atoms with Crippen molar-refractivity contribution in [3.63, 3.8) is 0 Å². The van der Waals surface area contributed by atoms with Crippen molar-refractivity contribution in [3.05, 3.63) is 53.6 Å². The molecule has 0 radical (unpaired) electrons. The Bertz CT molecular complexity index is 1070. The SMILES string of the molecule is CCOC(=O)[C@H]1CCCCN1C1CCN(c2ccc(C(=O)NCc3ccc4c(c3)OCO4)cc2)CC1. The summed E-state index contributed by atoms with van der Waals surface area (Å²) in [6.07, 6.45) is 5.18. The zero-order valence-corrected chi connectivity index (χ0v) is 20.9. The molecule has 3 heterocycles. The van der Waals surface area contributed by atoms with Crippen molar-refractivity contribution in [1.29, 1.82) is 0 Å². The van der Waals surface area contributed by atoms with Crippen LogP contribution in [0.15, 0.2) is 42.5 Å². The maximum absolute atomic E-state index is 12.7. The lowest BCUT2D eigenvalue weighted by atomic mass is 9.94. The van der Waals surface area contributed by atoms with Gasteiger partial charge in [-0.25, -0.2) is 0 Å². The van der Waals surface area contributed by atoms with Gasteiger partial charge in [0.1, 0.15) is 6.04 Å². The lowest BCUT2D eigenvalue weighted by Gasteiger charge is -2.44. The number of benzene rings is 2. The predicted octanol–water partition coefficient (Wildman–Crippen LogP) is 3.73. The van der Waals surface area contributed by atoms with Crippen molar-refractivity contribution in [2.75, 3.05) is 37.9 Å². The van der Waals surface area contributed by atoms with E-state index in [0.717, 1.165) is 68.7 Å². The van der Waals surface area contributed by atoms with Crippen LogP contribution in [0.25, 0.3) is 0 Å². The maximum Gasteiger partial charge on any atom is 0.323 e. The molecule has 0 spiro atoms. The first-order valence-corrected chi connectivity index (χ1v) is 13.1. The first kappa shape index (κ1) is 24.4. The summed E-state index contributed by atoms with van der Waals surface area (Å²) in [6.45, 7) is 5.82. The number of fused-ring (bicyclic) bond motifs is 1. The number of nitrogens with zero attached hydrogens (tertiary/aromatic N) is 2. The van der Waals surface area contributed by atoms with Crippen LogP contribution in [-0.2, 0) is 16.1 Å². The second kappa shape index (κ2) is 11.2. The third-order valence-corrected chi connectivity index (χ3v) is 7.42. The molecule has 2 saturated heterocycles. The molecule has 0 unspecified atom stereocenters. The first-order valence-electron chi connectivity index (χ1n) is 13.1. The van der Waals surface area contributed by atoms with Gasteiger partial charge in [0.2, 0.25) is 6.79 Å². The molecular formula is C28H35N3O5. The van der Waals surface area contributed by atoms with E-state index in [0.29, 0.717) is 30.5 Å². The van der Waals surface area contributed by atoms with E-state index in [2.05, 4.69) is 15.1 Å². The second-order valence-electron chi connectivity index (χ2n) is 9.64. The minimum Gasteiger partial charge on any atom is -0.465 e. The first-order chi connectivity index (χ1) is 17.6. The van der Waals surface area contributed by atoms with E-state index >= 15 is 0 Å². The summed E-state index contributed by atoms with van der Waals surface area (Å²) in [5.74, 6) is 1.28. The number of rotatable bonds is 7. The molecule has 0 aliphatic carbocycles. The van der Waals surface area contributed by atoms with E-state index in [1.165, 1.54) is 0 Å². The zero-order chi connectivity index (χ0) is 24.9. The molecule has 1 N–H and O–H groups in total. The Labute approximate surface area is 212 Å². The lowest BCUT2D eigenvalue weighted by Crippen LogP contribution is -2.54. The molecule has 8 nitrogen and oxygen atoms in total. The number of carbonyl (C=O) groups is 2. The Morgan fingerprint density at radius 3 is 2.53 bits per heavy atom. The van der Waals surface area contributed by atoms with Crippen LogP contribution >= 0.6 is 0 Å². The number of piperidine rings is 2.